The third kappa shape index (κ3) is 3.46. The zero-order chi connectivity index (χ0) is 13.7. The van der Waals surface area contributed by atoms with E-state index in [9.17, 15) is 4.79 Å². The van der Waals surface area contributed by atoms with Gasteiger partial charge in [0.25, 0.3) is 5.91 Å². The lowest BCUT2D eigenvalue weighted by molar-refractivity contribution is -0.125. The zero-order valence-corrected chi connectivity index (χ0v) is 11.7. The number of pyridine rings is 1. The second-order valence-electron chi connectivity index (χ2n) is 5.20. The molecule has 0 spiro atoms. The van der Waals surface area contributed by atoms with E-state index in [4.69, 9.17) is 4.74 Å². The Morgan fingerprint density at radius 3 is 3.05 bits per heavy atom. The van der Waals surface area contributed by atoms with E-state index >= 15 is 0 Å². The maximum Gasteiger partial charge on any atom is 0.266 e. The first-order chi connectivity index (χ1) is 9.22. The lowest BCUT2D eigenvalue weighted by atomic mass is 9.95. The standard InChI is InChI=1S/C15H22N2O2/c1-3-4-5-6-8-11(2)13-15(18)17-14-12(19-13)9-7-10-16-14/h7,9-11,13H,3-6,8H2,1-2H3,(H,16,17,18). The number of amides is 1. The van der Waals surface area contributed by atoms with Gasteiger partial charge in [-0.25, -0.2) is 4.98 Å². The number of hydrogen-bond acceptors (Lipinski definition) is 3. The maximum atomic E-state index is 12.0. The summed E-state index contributed by atoms with van der Waals surface area (Å²) >= 11 is 0. The number of hydrogen-bond donors (Lipinski definition) is 1. The highest BCUT2D eigenvalue weighted by Gasteiger charge is 2.32. The fraction of sp³-hybridized carbons (Fsp3) is 0.600. The summed E-state index contributed by atoms with van der Waals surface area (Å²) in [7, 11) is 0. The van der Waals surface area contributed by atoms with Crippen molar-refractivity contribution in [1.82, 2.24) is 4.98 Å². The Morgan fingerprint density at radius 1 is 1.42 bits per heavy atom. The molecule has 19 heavy (non-hydrogen) atoms. The molecule has 2 heterocycles. The van der Waals surface area contributed by atoms with Crippen LogP contribution in [0.5, 0.6) is 5.75 Å². The summed E-state index contributed by atoms with van der Waals surface area (Å²) in [5.74, 6) is 1.36. The highest BCUT2D eigenvalue weighted by Crippen LogP contribution is 2.30. The molecule has 2 atom stereocenters. The predicted molar refractivity (Wildman–Crippen MR) is 75.2 cm³/mol. The summed E-state index contributed by atoms with van der Waals surface area (Å²) in [4.78, 5) is 16.1. The SMILES string of the molecule is CCCCCCC(C)C1Oc2cccnc2NC1=O. The molecule has 0 radical (unpaired) electrons. The van der Waals surface area contributed by atoms with Gasteiger partial charge in [0.1, 0.15) is 0 Å². The Balaban J connectivity index is 1.92. The number of carbonyl (C=O) groups is 1. The van der Waals surface area contributed by atoms with Crippen LogP contribution in [-0.4, -0.2) is 17.0 Å². The third-order valence-electron chi connectivity index (χ3n) is 3.55. The van der Waals surface area contributed by atoms with Crippen molar-refractivity contribution < 1.29 is 9.53 Å². The monoisotopic (exact) mass is 262 g/mol. The second kappa shape index (κ2) is 6.55. The van der Waals surface area contributed by atoms with Crippen molar-refractivity contribution in [2.45, 2.75) is 52.1 Å². The van der Waals surface area contributed by atoms with E-state index in [2.05, 4.69) is 24.1 Å². The average molecular weight is 262 g/mol. The Kier molecular flexibility index (Phi) is 4.77. The Labute approximate surface area is 114 Å². The summed E-state index contributed by atoms with van der Waals surface area (Å²) in [5.41, 5.74) is 0. The summed E-state index contributed by atoms with van der Waals surface area (Å²) in [6.07, 6.45) is 7.16. The molecule has 104 valence electrons. The molecule has 2 rings (SSSR count). The smallest absolute Gasteiger partial charge is 0.266 e. The maximum absolute atomic E-state index is 12.0. The van der Waals surface area contributed by atoms with Crippen molar-refractivity contribution in [3.63, 3.8) is 0 Å². The van der Waals surface area contributed by atoms with Crippen LogP contribution in [0.25, 0.3) is 0 Å². The lowest BCUT2D eigenvalue weighted by Gasteiger charge is -2.29. The molecule has 1 aliphatic rings. The van der Waals surface area contributed by atoms with Gasteiger partial charge in [0, 0.05) is 12.1 Å². The topological polar surface area (TPSA) is 51.2 Å². The van der Waals surface area contributed by atoms with Crippen LogP contribution >= 0.6 is 0 Å². The number of rotatable bonds is 6. The fourth-order valence-corrected chi connectivity index (χ4v) is 2.38. The summed E-state index contributed by atoms with van der Waals surface area (Å²) in [5, 5.41) is 2.82. The number of fused-ring (bicyclic) bond motifs is 1. The number of nitrogens with zero attached hydrogens (tertiary/aromatic N) is 1. The molecule has 1 amide bonds. The molecule has 1 aromatic heterocycles. The van der Waals surface area contributed by atoms with Crippen LogP contribution in [-0.2, 0) is 4.79 Å². The first-order valence-corrected chi connectivity index (χ1v) is 7.15. The number of nitrogens with one attached hydrogen (secondary N) is 1. The first-order valence-electron chi connectivity index (χ1n) is 7.15. The molecule has 1 aliphatic heterocycles. The van der Waals surface area contributed by atoms with E-state index in [1.807, 2.05) is 12.1 Å². The van der Waals surface area contributed by atoms with E-state index in [0.717, 1.165) is 12.8 Å². The Morgan fingerprint density at radius 2 is 2.26 bits per heavy atom. The highest BCUT2D eigenvalue weighted by molar-refractivity contribution is 5.96. The molecule has 0 saturated heterocycles. The van der Waals surface area contributed by atoms with Gasteiger partial charge < -0.3 is 10.1 Å². The van der Waals surface area contributed by atoms with Gasteiger partial charge in [-0.05, 0) is 18.6 Å². The van der Waals surface area contributed by atoms with Crippen LogP contribution in [0.15, 0.2) is 18.3 Å². The second-order valence-corrected chi connectivity index (χ2v) is 5.20. The van der Waals surface area contributed by atoms with Crippen LogP contribution in [0, 0.1) is 5.92 Å². The minimum absolute atomic E-state index is 0.0748. The number of unbranched alkanes of at least 4 members (excludes halogenated alkanes) is 3. The van der Waals surface area contributed by atoms with Gasteiger partial charge in [0.2, 0.25) is 0 Å². The highest BCUT2D eigenvalue weighted by atomic mass is 16.5. The summed E-state index contributed by atoms with van der Waals surface area (Å²) in [6.45, 7) is 4.28. The quantitative estimate of drug-likeness (QED) is 0.799. The number of ether oxygens (including phenoxy) is 1. The Bertz CT molecular complexity index is 434. The van der Waals surface area contributed by atoms with E-state index in [0.29, 0.717) is 11.6 Å². The molecule has 0 saturated carbocycles. The predicted octanol–water partition coefficient (Wildman–Crippen LogP) is 3.39. The summed E-state index contributed by atoms with van der Waals surface area (Å²) in [6, 6.07) is 3.66. The van der Waals surface area contributed by atoms with Gasteiger partial charge in [0.15, 0.2) is 17.7 Å². The van der Waals surface area contributed by atoms with E-state index in [1.165, 1.54) is 19.3 Å². The lowest BCUT2D eigenvalue weighted by Crippen LogP contribution is -2.41. The average Bonchev–Trinajstić information content (AvgIpc) is 2.42. The van der Waals surface area contributed by atoms with Gasteiger partial charge in [0.05, 0.1) is 0 Å². The van der Waals surface area contributed by atoms with Crippen molar-refractivity contribution in [2.24, 2.45) is 5.92 Å². The molecule has 1 N–H and O–H groups in total. The van der Waals surface area contributed by atoms with Crippen LogP contribution in [0.4, 0.5) is 5.82 Å². The van der Waals surface area contributed by atoms with E-state index in [1.54, 1.807) is 6.20 Å². The molecule has 0 aromatic carbocycles. The van der Waals surface area contributed by atoms with Gasteiger partial charge in [-0.15, -0.1) is 0 Å². The largest absolute Gasteiger partial charge is 0.476 e. The Hall–Kier alpha value is -1.58. The number of carbonyl (C=O) groups excluding carboxylic acids is 1. The van der Waals surface area contributed by atoms with Crippen LogP contribution in [0.1, 0.15) is 46.0 Å². The molecule has 0 fully saturated rings. The normalized spacial score (nSPS) is 19.3. The number of anilines is 1. The van der Waals surface area contributed by atoms with Crippen molar-refractivity contribution in [3.8, 4) is 5.75 Å². The molecule has 2 unspecified atom stereocenters. The van der Waals surface area contributed by atoms with Gasteiger partial charge >= 0.3 is 0 Å². The molecular formula is C15H22N2O2. The molecule has 4 nitrogen and oxygen atoms in total. The van der Waals surface area contributed by atoms with Crippen molar-refractivity contribution in [2.75, 3.05) is 5.32 Å². The zero-order valence-electron chi connectivity index (χ0n) is 11.7. The van der Waals surface area contributed by atoms with E-state index < -0.39 is 6.10 Å². The van der Waals surface area contributed by atoms with Gasteiger partial charge in [-0.3, -0.25) is 4.79 Å². The van der Waals surface area contributed by atoms with E-state index in [-0.39, 0.29) is 11.8 Å². The molecule has 0 aliphatic carbocycles. The van der Waals surface area contributed by atoms with Crippen molar-refractivity contribution in [3.05, 3.63) is 18.3 Å². The molecule has 1 aromatic rings. The summed E-state index contributed by atoms with van der Waals surface area (Å²) < 4.78 is 5.79. The fourth-order valence-electron chi connectivity index (χ4n) is 2.38. The van der Waals surface area contributed by atoms with Crippen molar-refractivity contribution in [1.29, 1.82) is 0 Å². The van der Waals surface area contributed by atoms with Crippen LogP contribution in [0.3, 0.4) is 0 Å². The van der Waals surface area contributed by atoms with Crippen LogP contribution < -0.4 is 10.1 Å². The van der Waals surface area contributed by atoms with Gasteiger partial charge in [-0.1, -0.05) is 39.5 Å². The minimum Gasteiger partial charge on any atom is -0.476 e. The number of aromatic nitrogens is 1. The van der Waals surface area contributed by atoms with Crippen LogP contribution in [0.2, 0.25) is 0 Å². The first kappa shape index (κ1) is 13.8. The minimum atomic E-state index is -0.390. The molecule has 4 heteroatoms. The molecule has 0 bridgehead atoms. The molecular weight excluding hydrogens is 240 g/mol. The van der Waals surface area contributed by atoms with Gasteiger partial charge in [-0.2, -0.15) is 0 Å². The van der Waals surface area contributed by atoms with Crippen molar-refractivity contribution >= 4 is 11.7 Å². The third-order valence-corrected chi connectivity index (χ3v) is 3.55.